The molecule has 0 radical (unpaired) electrons. The minimum absolute atomic E-state index is 0.294. The number of nitrogen functional groups attached to an aromatic ring is 1. The Morgan fingerprint density at radius 3 is 2.61 bits per heavy atom. The molecule has 2 rings (SSSR count). The maximum atomic E-state index is 12.3. The Bertz CT molecular complexity index is 660. The first-order chi connectivity index (χ1) is 8.48. The number of hydrogen-bond donors (Lipinski definition) is 1. The smallest absolute Gasteiger partial charge is 0.243 e. The zero-order valence-corrected chi connectivity index (χ0v) is 11.9. The Balaban J connectivity index is 2.53. The second-order valence-electron chi connectivity index (χ2n) is 3.77. The van der Waals surface area contributed by atoms with Gasteiger partial charge in [0.1, 0.15) is 0 Å². The highest BCUT2D eigenvalue weighted by Crippen LogP contribution is 2.27. The fraction of sp³-hybridized carbons (Fsp3) is 0.364. The Hall–Kier alpha value is -1.18. The van der Waals surface area contributed by atoms with Crippen LogP contribution in [0.25, 0.3) is 10.2 Å². The van der Waals surface area contributed by atoms with E-state index in [4.69, 9.17) is 5.73 Å². The van der Waals surface area contributed by atoms with E-state index in [1.807, 2.05) is 13.8 Å². The largest absolute Gasteiger partial charge is 0.375 e. The molecular weight excluding hydrogens is 270 g/mol. The second-order valence-corrected chi connectivity index (χ2v) is 6.77. The van der Waals surface area contributed by atoms with Crippen molar-refractivity contribution in [2.24, 2.45) is 0 Å². The lowest BCUT2D eigenvalue weighted by Gasteiger charge is -2.18. The molecule has 1 aromatic heterocycles. The molecule has 0 aliphatic heterocycles. The van der Waals surface area contributed by atoms with Crippen LogP contribution in [0, 0.1) is 0 Å². The van der Waals surface area contributed by atoms with E-state index in [1.54, 1.807) is 18.2 Å². The first-order valence-corrected chi connectivity index (χ1v) is 7.91. The lowest BCUT2D eigenvalue weighted by molar-refractivity contribution is 0.445. The molecular formula is C11H15N3O2S2. The second kappa shape index (κ2) is 4.83. The van der Waals surface area contributed by atoms with Crippen LogP contribution < -0.4 is 5.73 Å². The van der Waals surface area contributed by atoms with E-state index in [0.29, 0.717) is 23.1 Å². The minimum atomic E-state index is -3.41. The lowest BCUT2D eigenvalue weighted by atomic mass is 10.3. The van der Waals surface area contributed by atoms with Gasteiger partial charge in [-0.05, 0) is 18.2 Å². The van der Waals surface area contributed by atoms with Crippen LogP contribution in [0.1, 0.15) is 13.8 Å². The summed E-state index contributed by atoms with van der Waals surface area (Å²) < 4.78 is 26.9. The van der Waals surface area contributed by atoms with E-state index in [1.165, 1.54) is 15.6 Å². The first kappa shape index (κ1) is 13.3. The number of nitrogens with two attached hydrogens (primary N) is 1. The molecule has 98 valence electrons. The molecule has 0 aliphatic rings. The van der Waals surface area contributed by atoms with Crippen LogP contribution in [0.3, 0.4) is 0 Å². The summed E-state index contributed by atoms with van der Waals surface area (Å²) in [5.74, 6) is 0. The standard InChI is InChI=1S/C11H15N3O2S2/c1-3-14(4-2)18(15,16)8-5-6-9-10(7-8)17-11(12)13-9/h5-7H,3-4H2,1-2H3,(H2,12,13). The lowest BCUT2D eigenvalue weighted by Crippen LogP contribution is -2.30. The Morgan fingerprint density at radius 1 is 1.33 bits per heavy atom. The van der Waals surface area contributed by atoms with Crippen molar-refractivity contribution in [2.75, 3.05) is 18.8 Å². The molecule has 0 unspecified atom stereocenters. The molecule has 0 bridgehead atoms. The first-order valence-electron chi connectivity index (χ1n) is 5.65. The number of sulfonamides is 1. The molecule has 1 aromatic carbocycles. The average Bonchev–Trinajstić information content (AvgIpc) is 2.69. The zero-order chi connectivity index (χ0) is 13.3. The number of aromatic nitrogens is 1. The summed E-state index contributed by atoms with van der Waals surface area (Å²) in [4.78, 5) is 4.40. The number of hydrogen-bond acceptors (Lipinski definition) is 5. The molecule has 0 saturated carbocycles. The van der Waals surface area contributed by atoms with E-state index in [9.17, 15) is 8.42 Å². The predicted octanol–water partition coefficient (Wildman–Crippen LogP) is 1.91. The highest BCUT2D eigenvalue weighted by Gasteiger charge is 2.22. The molecule has 18 heavy (non-hydrogen) atoms. The van der Waals surface area contributed by atoms with Crippen LogP contribution in [0.2, 0.25) is 0 Å². The van der Waals surface area contributed by atoms with Gasteiger partial charge in [-0.1, -0.05) is 25.2 Å². The highest BCUT2D eigenvalue weighted by atomic mass is 32.2. The number of thiazole rings is 1. The molecule has 0 saturated heterocycles. The van der Waals surface area contributed by atoms with Crippen molar-refractivity contribution in [3.8, 4) is 0 Å². The third-order valence-electron chi connectivity index (χ3n) is 2.72. The maximum absolute atomic E-state index is 12.3. The molecule has 0 aliphatic carbocycles. The van der Waals surface area contributed by atoms with Crippen molar-refractivity contribution < 1.29 is 8.42 Å². The van der Waals surface area contributed by atoms with Crippen LogP contribution in [-0.2, 0) is 10.0 Å². The fourth-order valence-electron chi connectivity index (χ4n) is 1.80. The fourth-order valence-corrected chi connectivity index (χ4v) is 4.13. The van der Waals surface area contributed by atoms with E-state index in [0.717, 1.165) is 10.2 Å². The summed E-state index contributed by atoms with van der Waals surface area (Å²) in [5, 5.41) is 0.447. The monoisotopic (exact) mass is 285 g/mol. The normalized spacial score (nSPS) is 12.4. The van der Waals surface area contributed by atoms with Crippen molar-refractivity contribution in [1.29, 1.82) is 0 Å². The highest BCUT2D eigenvalue weighted by molar-refractivity contribution is 7.89. The summed E-state index contributed by atoms with van der Waals surface area (Å²) in [6.07, 6.45) is 0. The van der Waals surface area contributed by atoms with Crippen LogP contribution in [0.4, 0.5) is 5.13 Å². The third kappa shape index (κ3) is 2.21. The van der Waals surface area contributed by atoms with Gasteiger partial charge in [0.2, 0.25) is 10.0 Å². The molecule has 1 heterocycles. The van der Waals surface area contributed by atoms with Gasteiger partial charge in [0, 0.05) is 13.1 Å². The van der Waals surface area contributed by atoms with Gasteiger partial charge < -0.3 is 5.73 Å². The van der Waals surface area contributed by atoms with E-state index < -0.39 is 10.0 Å². The van der Waals surface area contributed by atoms with Gasteiger partial charge in [-0.15, -0.1) is 0 Å². The molecule has 2 N–H and O–H groups in total. The molecule has 7 heteroatoms. The Kier molecular flexibility index (Phi) is 3.56. The van der Waals surface area contributed by atoms with E-state index >= 15 is 0 Å². The van der Waals surface area contributed by atoms with Gasteiger partial charge in [0.05, 0.1) is 15.1 Å². The molecule has 2 aromatic rings. The number of anilines is 1. The summed E-state index contributed by atoms with van der Waals surface area (Å²) >= 11 is 1.29. The molecule has 0 amide bonds. The molecule has 5 nitrogen and oxygen atoms in total. The summed E-state index contributed by atoms with van der Waals surface area (Å²) in [5.41, 5.74) is 6.34. The van der Waals surface area contributed by atoms with Gasteiger partial charge in [-0.2, -0.15) is 4.31 Å². The number of nitrogens with zero attached hydrogens (tertiary/aromatic N) is 2. The van der Waals surface area contributed by atoms with Gasteiger partial charge in [-0.3, -0.25) is 0 Å². The Labute approximate surface area is 110 Å². The number of fused-ring (bicyclic) bond motifs is 1. The van der Waals surface area contributed by atoms with Crippen molar-refractivity contribution in [2.45, 2.75) is 18.7 Å². The van der Waals surface area contributed by atoms with Crippen LogP contribution in [0.5, 0.6) is 0 Å². The van der Waals surface area contributed by atoms with E-state index in [-0.39, 0.29) is 0 Å². The third-order valence-corrected chi connectivity index (χ3v) is 5.61. The maximum Gasteiger partial charge on any atom is 0.243 e. The molecule has 0 atom stereocenters. The van der Waals surface area contributed by atoms with Crippen LogP contribution in [0.15, 0.2) is 23.1 Å². The zero-order valence-electron chi connectivity index (χ0n) is 10.3. The number of rotatable bonds is 4. The van der Waals surface area contributed by atoms with Gasteiger partial charge in [0.15, 0.2) is 5.13 Å². The quantitative estimate of drug-likeness (QED) is 0.931. The van der Waals surface area contributed by atoms with Crippen LogP contribution >= 0.6 is 11.3 Å². The van der Waals surface area contributed by atoms with E-state index in [2.05, 4.69) is 4.98 Å². The molecule has 0 spiro atoms. The predicted molar refractivity (Wildman–Crippen MR) is 74.1 cm³/mol. The topological polar surface area (TPSA) is 76.3 Å². The number of benzene rings is 1. The summed E-state index contributed by atoms with van der Waals surface area (Å²) in [6, 6.07) is 4.91. The van der Waals surface area contributed by atoms with Crippen LogP contribution in [-0.4, -0.2) is 30.8 Å². The van der Waals surface area contributed by atoms with Crippen molar-refractivity contribution >= 4 is 36.7 Å². The summed E-state index contributed by atoms with van der Waals surface area (Å²) in [7, 11) is -3.41. The van der Waals surface area contributed by atoms with Gasteiger partial charge in [0.25, 0.3) is 0 Å². The van der Waals surface area contributed by atoms with Crippen molar-refractivity contribution in [3.63, 3.8) is 0 Å². The van der Waals surface area contributed by atoms with Crippen molar-refractivity contribution in [1.82, 2.24) is 9.29 Å². The summed E-state index contributed by atoms with van der Waals surface area (Å²) in [6.45, 7) is 4.57. The minimum Gasteiger partial charge on any atom is -0.375 e. The average molecular weight is 285 g/mol. The van der Waals surface area contributed by atoms with Crippen molar-refractivity contribution in [3.05, 3.63) is 18.2 Å². The SMILES string of the molecule is CCN(CC)S(=O)(=O)c1ccc2nc(N)sc2c1. The Morgan fingerprint density at radius 2 is 2.00 bits per heavy atom. The van der Waals surface area contributed by atoms with Gasteiger partial charge >= 0.3 is 0 Å². The van der Waals surface area contributed by atoms with Gasteiger partial charge in [-0.25, -0.2) is 13.4 Å². The molecule has 0 fully saturated rings.